The van der Waals surface area contributed by atoms with E-state index in [1.54, 1.807) is 12.1 Å². The van der Waals surface area contributed by atoms with E-state index in [2.05, 4.69) is 32.5 Å². The minimum Gasteiger partial charge on any atom is -0.419 e. The summed E-state index contributed by atoms with van der Waals surface area (Å²) in [6.07, 6.45) is 2.15. The summed E-state index contributed by atoms with van der Waals surface area (Å²) in [6.45, 7) is 3.73. The predicted octanol–water partition coefficient (Wildman–Crippen LogP) is 6.12. The normalized spacial score (nSPS) is 15.8. The van der Waals surface area contributed by atoms with E-state index in [0.29, 0.717) is 23.3 Å². The monoisotopic (exact) mass is 490 g/mol. The van der Waals surface area contributed by atoms with Gasteiger partial charge in [0.15, 0.2) is 0 Å². The first-order valence-corrected chi connectivity index (χ1v) is 12.4. The molecule has 2 heterocycles. The fourth-order valence-corrected chi connectivity index (χ4v) is 4.70. The predicted molar refractivity (Wildman–Crippen MR) is 135 cm³/mol. The lowest BCUT2D eigenvalue weighted by atomic mass is 9.95. The van der Waals surface area contributed by atoms with Crippen LogP contribution in [-0.2, 0) is 6.54 Å². The minimum atomic E-state index is -0.506. The summed E-state index contributed by atoms with van der Waals surface area (Å²) >= 11 is 6.01. The molecule has 5 nitrogen and oxygen atoms in total. The average Bonchev–Trinajstić information content (AvgIpc) is 3.38. The number of nitrogens with zero attached hydrogens (tertiary/aromatic N) is 3. The molecule has 5 rings (SSSR count). The number of hydrogen-bond acceptors (Lipinski definition) is 5. The van der Waals surface area contributed by atoms with Crippen LogP contribution in [0.15, 0.2) is 83.3 Å². The van der Waals surface area contributed by atoms with E-state index in [1.165, 1.54) is 11.6 Å². The van der Waals surface area contributed by atoms with Gasteiger partial charge in [-0.2, -0.15) is 0 Å². The summed E-state index contributed by atoms with van der Waals surface area (Å²) in [4.78, 5) is 2.47. The molecule has 4 aromatic rings. The second kappa shape index (κ2) is 11.1. The molecule has 1 atom stereocenters. The summed E-state index contributed by atoms with van der Waals surface area (Å²) in [6, 6.07) is 23.9. The van der Waals surface area contributed by atoms with Crippen LogP contribution in [0.4, 0.5) is 4.39 Å². The Morgan fingerprint density at radius 2 is 1.66 bits per heavy atom. The van der Waals surface area contributed by atoms with Crippen LogP contribution in [0.25, 0.3) is 11.5 Å². The van der Waals surface area contributed by atoms with Crippen LogP contribution in [0.5, 0.6) is 0 Å². The Balaban J connectivity index is 1.24. The highest BCUT2D eigenvalue weighted by Crippen LogP contribution is 2.28. The number of nitrogens with one attached hydrogen (secondary N) is 1. The average molecular weight is 491 g/mol. The first-order valence-electron chi connectivity index (χ1n) is 12.0. The molecule has 0 amide bonds. The van der Waals surface area contributed by atoms with Crippen LogP contribution in [0.2, 0.25) is 5.02 Å². The van der Waals surface area contributed by atoms with Crippen molar-refractivity contribution in [3.63, 3.8) is 0 Å². The first-order chi connectivity index (χ1) is 17.2. The smallest absolute Gasteiger partial charge is 0.247 e. The van der Waals surface area contributed by atoms with Gasteiger partial charge in [0.25, 0.3) is 0 Å². The molecule has 1 fully saturated rings. The third-order valence-corrected chi connectivity index (χ3v) is 6.81. The summed E-state index contributed by atoms with van der Waals surface area (Å²) in [5.41, 5.74) is 2.62. The Bertz CT molecular complexity index is 1220. The quantitative estimate of drug-likeness (QED) is 0.322. The van der Waals surface area contributed by atoms with Crippen molar-refractivity contribution in [3.8, 4) is 11.5 Å². The second-order valence-corrected chi connectivity index (χ2v) is 9.46. The fourth-order valence-electron chi connectivity index (χ4n) is 4.57. The van der Waals surface area contributed by atoms with Crippen molar-refractivity contribution in [2.24, 2.45) is 5.92 Å². The third kappa shape index (κ3) is 5.96. The van der Waals surface area contributed by atoms with E-state index >= 15 is 0 Å². The molecule has 0 aliphatic carbocycles. The van der Waals surface area contributed by atoms with Crippen molar-refractivity contribution >= 4 is 11.6 Å². The summed E-state index contributed by atoms with van der Waals surface area (Å²) < 4.78 is 20.8. The Morgan fingerprint density at radius 3 is 2.40 bits per heavy atom. The Kier molecular flexibility index (Phi) is 7.52. The van der Waals surface area contributed by atoms with Crippen molar-refractivity contribution in [2.75, 3.05) is 19.6 Å². The van der Waals surface area contributed by atoms with Gasteiger partial charge in [-0.1, -0.05) is 60.1 Å². The van der Waals surface area contributed by atoms with Gasteiger partial charge in [0.1, 0.15) is 11.9 Å². The number of benzene rings is 3. The van der Waals surface area contributed by atoms with E-state index in [4.69, 9.17) is 16.0 Å². The Hall–Kier alpha value is -3.06. The maximum atomic E-state index is 14.8. The summed E-state index contributed by atoms with van der Waals surface area (Å²) in [5, 5.41) is 12.8. The van der Waals surface area contributed by atoms with Gasteiger partial charge < -0.3 is 9.73 Å². The number of hydrogen-bond donors (Lipinski definition) is 1. The van der Waals surface area contributed by atoms with Gasteiger partial charge >= 0.3 is 0 Å². The van der Waals surface area contributed by atoms with Crippen LogP contribution in [0.3, 0.4) is 0 Å². The van der Waals surface area contributed by atoms with Crippen molar-refractivity contribution in [1.82, 2.24) is 20.4 Å². The van der Waals surface area contributed by atoms with E-state index in [9.17, 15) is 4.39 Å². The molecule has 1 saturated heterocycles. The molecular formula is C28H28ClFN4O. The lowest BCUT2D eigenvalue weighted by Crippen LogP contribution is -2.38. The first kappa shape index (κ1) is 23.7. The summed E-state index contributed by atoms with van der Waals surface area (Å²) in [7, 11) is 0. The highest BCUT2D eigenvalue weighted by atomic mass is 35.5. The number of halogens is 2. The maximum Gasteiger partial charge on any atom is 0.247 e. The Morgan fingerprint density at radius 1 is 0.943 bits per heavy atom. The van der Waals surface area contributed by atoms with Crippen molar-refractivity contribution in [2.45, 2.75) is 25.4 Å². The summed E-state index contributed by atoms with van der Waals surface area (Å²) in [5.74, 6) is 0.998. The van der Waals surface area contributed by atoms with Gasteiger partial charge in [-0.15, -0.1) is 10.2 Å². The van der Waals surface area contributed by atoms with Crippen LogP contribution in [-0.4, -0.2) is 34.7 Å². The standard InChI is InChI=1S/C28H28ClFN4O/c29-23-12-10-21(11-13-23)19-34-16-14-20(15-17-34)18-31-26(24-8-4-5-9-25(24)30)28-33-32-27(35-28)22-6-2-1-3-7-22/h1-13,20,26,31H,14-19H2/t26-/m1/s1. The maximum absolute atomic E-state index is 14.8. The molecule has 3 aromatic carbocycles. The molecule has 1 N–H and O–H groups in total. The molecule has 35 heavy (non-hydrogen) atoms. The van der Waals surface area contributed by atoms with Crippen LogP contribution in [0.1, 0.15) is 35.9 Å². The molecule has 7 heteroatoms. The fraction of sp³-hybridized carbons (Fsp3) is 0.286. The Labute approximate surface area is 209 Å². The number of likely N-dealkylation sites (tertiary alicyclic amines) is 1. The van der Waals surface area contributed by atoms with Crippen LogP contribution >= 0.6 is 11.6 Å². The number of rotatable bonds is 8. The van der Waals surface area contributed by atoms with Crippen molar-refractivity contribution in [1.29, 1.82) is 0 Å². The van der Waals surface area contributed by atoms with E-state index in [0.717, 1.165) is 49.6 Å². The molecule has 1 aliphatic heterocycles. The van der Waals surface area contributed by atoms with E-state index in [1.807, 2.05) is 48.5 Å². The lowest BCUT2D eigenvalue weighted by Gasteiger charge is -2.32. The molecule has 0 saturated carbocycles. The topological polar surface area (TPSA) is 54.2 Å². The second-order valence-electron chi connectivity index (χ2n) is 9.02. The minimum absolute atomic E-state index is 0.290. The molecule has 0 unspecified atom stereocenters. The van der Waals surface area contributed by atoms with Gasteiger partial charge in [-0.25, -0.2) is 4.39 Å². The molecule has 0 spiro atoms. The van der Waals surface area contributed by atoms with Crippen molar-refractivity contribution in [3.05, 3.63) is 107 Å². The highest BCUT2D eigenvalue weighted by Gasteiger charge is 2.26. The van der Waals surface area contributed by atoms with Gasteiger partial charge in [0.05, 0.1) is 0 Å². The number of piperidine rings is 1. The molecule has 1 aromatic heterocycles. The SMILES string of the molecule is Fc1ccccc1[C@@H](NCC1CCN(Cc2ccc(Cl)cc2)CC1)c1nnc(-c2ccccc2)o1. The number of aromatic nitrogens is 2. The lowest BCUT2D eigenvalue weighted by molar-refractivity contribution is 0.173. The van der Waals surface area contributed by atoms with Crippen LogP contribution < -0.4 is 5.32 Å². The molecule has 180 valence electrons. The van der Waals surface area contributed by atoms with Gasteiger partial charge in [0, 0.05) is 22.7 Å². The van der Waals surface area contributed by atoms with Gasteiger partial charge in [-0.3, -0.25) is 4.90 Å². The molecule has 0 bridgehead atoms. The zero-order valence-electron chi connectivity index (χ0n) is 19.4. The third-order valence-electron chi connectivity index (χ3n) is 6.56. The highest BCUT2D eigenvalue weighted by molar-refractivity contribution is 6.30. The molecule has 1 aliphatic rings. The molecular weight excluding hydrogens is 463 g/mol. The molecule has 0 radical (unpaired) electrons. The zero-order chi connectivity index (χ0) is 24.0. The van der Waals surface area contributed by atoms with Crippen LogP contribution in [0, 0.1) is 11.7 Å². The zero-order valence-corrected chi connectivity index (χ0v) is 20.2. The van der Waals surface area contributed by atoms with E-state index < -0.39 is 6.04 Å². The largest absolute Gasteiger partial charge is 0.419 e. The van der Waals surface area contributed by atoms with Gasteiger partial charge in [0.2, 0.25) is 11.8 Å². The van der Waals surface area contributed by atoms with Crippen molar-refractivity contribution < 1.29 is 8.81 Å². The van der Waals surface area contributed by atoms with E-state index in [-0.39, 0.29) is 5.82 Å². The van der Waals surface area contributed by atoms with Gasteiger partial charge in [-0.05, 0) is 74.3 Å².